The molecule has 5 heteroatoms. The quantitative estimate of drug-likeness (QED) is 0.858. The lowest BCUT2D eigenvalue weighted by molar-refractivity contribution is 0.397. The molecule has 1 aromatic rings. The number of methoxy groups -OCH3 is 1. The largest absolute Gasteiger partial charge is 0.479 e. The number of ether oxygens (including phenoxy) is 1. The van der Waals surface area contributed by atoms with Crippen molar-refractivity contribution in [2.45, 2.75) is 51.5 Å². The zero-order valence-electron chi connectivity index (χ0n) is 11.2. The highest BCUT2D eigenvalue weighted by atomic mass is 16.5. The first kappa shape index (κ1) is 12.9. The van der Waals surface area contributed by atoms with Gasteiger partial charge in [0.15, 0.2) is 5.82 Å². The lowest BCUT2D eigenvalue weighted by atomic mass is 9.95. The van der Waals surface area contributed by atoms with Crippen LogP contribution in [-0.4, -0.2) is 23.1 Å². The number of nitrogens with two attached hydrogens (primary N) is 1. The molecule has 1 fully saturated rings. The third kappa shape index (κ3) is 2.83. The van der Waals surface area contributed by atoms with Crippen LogP contribution in [0.15, 0.2) is 0 Å². The fourth-order valence-electron chi connectivity index (χ4n) is 2.36. The summed E-state index contributed by atoms with van der Waals surface area (Å²) in [5.74, 6) is 1.96. The van der Waals surface area contributed by atoms with Crippen molar-refractivity contribution in [1.29, 1.82) is 0 Å². The van der Waals surface area contributed by atoms with E-state index >= 15 is 0 Å². The summed E-state index contributed by atoms with van der Waals surface area (Å²) >= 11 is 0. The van der Waals surface area contributed by atoms with Crippen molar-refractivity contribution in [3.8, 4) is 5.88 Å². The third-order valence-corrected chi connectivity index (χ3v) is 3.41. The van der Waals surface area contributed by atoms with Crippen LogP contribution in [0.25, 0.3) is 0 Å². The Morgan fingerprint density at radius 2 is 2.00 bits per heavy atom. The fourth-order valence-corrected chi connectivity index (χ4v) is 2.36. The van der Waals surface area contributed by atoms with Gasteiger partial charge >= 0.3 is 0 Å². The van der Waals surface area contributed by atoms with Crippen LogP contribution in [0, 0.1) is 0 Å². The lowest BCUT2D eigenvalue weighted by Gasteiger charge is -2.24. The van der Waals surface area contributed by atoms with E-state index in [9.17, 15) is 0 Å². The molecule has 2 rings (SSSR count). The van der Waals surface area contributed by atoms with E-state index in [1.165, 1.54) is 32.1 Å². The molecule has 3 N–H and O–H groups in total. The van der Waals surface area contributed by atoms with Gasteiger partial charge in [0, 0.05) is 12.5 Å². The van der Waals surface area contributed by atoms with Crippen LogP contribution < -0.4 is 15.8 Å². The molecule has 0 saturated heterocycles. The van der Waals surface area contributed by atoms with Crippen LogP contribution in [0.1, 0.15) is 44.9 Å². The van der Waals surface area contributed by atoms with Crippen LogP contribution in [0.4, 0.5) is 11.5 Å². The van der Waals surface area contributed by atoms with Gasteiger partial charge < -0.3 is 15.8 Å². The van der Waals surface area contributed by atoms with E-state index in [1.54, 1.807) is 7.11 Å². The first-order chi connectivity index (χ1) is 8.74. The smallest absolute Gasteiger partial charge is 0.242 e. The van der Waals surface area contributed by atoms with Gasteiger partial charge in [-0.25, -0.2) is 4.98 Å². The molecule has 0 aliphatic heterocycles. The first-order valence-corrected chi connectivity index (χ1v) is 6.71. The molecule has 18 heavy (non-hydrogen) atoms. The van der Waals surface area contributed by atoms with Crippen LogP contribution in [0.3, 0.4) is 0 Å². The molecule has 1 aromatic heterocycles. The molecule has 100 valence electrons. The fraction of sp³-hybridized carbons (Fsp3) is 0.692. The van der Waals surface area contributed by atoms with Crippen molar-refractivity contribution in [3.63, 3.8) is 0 Å². The predicted molar refractivity (Wildman–Crippen MR) is 72.9 cm³/mol. The van der Waals surface area contributed by atoms with Gasteiger partial charge in [0.1, 0.15) is 11.5 Å². The van der Waals surface area contributed by atoms with Crippen LogP contribution in [-0.2, 0) is 6.42 Å². The second-order valence-electron chi connectivity index (χ2n) is 4.74. The average molecular weight is 250 g/mol. The molecule has 0 bridgehead atoms. The number of nitrogens with zero attached hydrogens (tertiary/aromatic N) is 2. The normalized spacial score (nSPS) is 16.6. The van der Waals surface area contributed by atoms with Crippen molar-refractivity contribution in [2.24, 2.45) is 0 Å². The average Bonchev–Trinajstić information content (AvgIpc) is 2.42. The van der Waals surface area contributed by atoms with Crippen molar-refractivity contribution < 1.29 is 4.74 Å². The van der Waals surface area contributed by atoms with Gasteiger partial charge in [-0.3, -0.25) is 0 Å². The van der Waals surface area contributed by atoms with E-state index in [-0.39, 0.29) is 0 Å². The number of hydrogen-bond donors (Lipinski definition) is 2. The molecular weight excluding hydrogens is 228 g/mol. The second-order valence-corrected chi connectivity index (χ2v) is 4.74. The van der Waals surface area contributed by atoms with Crippen LogP contribution in [0.2, 0.25) is 0 Å². The topological polar surface area (TPSA) is 73.1 Å². The predicted octanol–water partition coefficient (Wildman–Crippen LogP) is 2.37. The van der Waals surface area contributed by atoms with Gasteiger partial charge in [-0.05, 0) is 12.8 Å². The van der Waals surface area contributed by atoms with E-state index in [2.05, 4.69) is 15.3 Å². The molecule has 0 unspecified atom stereocenters. The maximum atomic E-state index is 6.02. The summed E-state index contributed by atoms with van der Waals surface area (Å²) in [6.45, 7) is 2.02. The SMILES string of the molecule is CCc1nc(NC2CCCCC2)c(N)c(OC)n1. The Hall–Kier alpha value is -1.52. The van der Waals surface area contributed by atoms with Crippen molar-refractivity contribution in [2.75, 3.05) is 18.2 Å². The number of nitrogens with one attached hydrogen (secondary N) is 1. The summed E-state index contributed by atoms with van der Waals surface area (Å²) < 4.78 is 5.20. The molecule has 1 heterocycles. The third-order valence-electron chi connectivity index (χ3n) is 3.41. The molecule has 0 radical (unpaired) electrons. The number of hydrogen-bond acceptors (Lipinski definition) is 5. The number of rotatable bonds is 4. The maximum Gasteiger partial charge on any atom is 0.242 e. The van der Waals surface area contributed by atoms with E-state index in [0.717, 1.165) is 18.1 Å². The highest BCUT2D eigenvalue weighted by molar-refractivity contribution is 5.67. The zero-order chi connectivity index (χ0) is 13.0. The molecule has 0 aromatic carbocycles. The Balaban J connectivity index is 2.19. The van der Waals surface area contributed by atoms with Gasteiger partial charge in [-0.2, -0.15) is 4.98 Å². The molecule has 1 saturated carbocycles. The highest BCUT2D eigenvalue weighted by Gasteiger charge is 2.17. The van der Waals surface area contributed by atoms with E-state index in [4.69, 9.17) is 10.5 Å². The minimum atomic E-state index is 0.472. The minimum Gasteiger partial charge on any atom is -0.479 e. The van der Waals surface area contributed by atoms with Gasteiger partial charge in [0.05, 0.1) is 7.11 Å². The highest BCUT2D eigenvalue weighted by Crippen LogP contribution is 2.29. The molecule has 5 nitrogen and oxygen atoms in total. The molecule has 1 aliphatic carbocycles. The second kappa shape index (κ2) is 5.89. The summed E-state index contributed by atoms with van der Waals surface area (Å²) in [6.07, 6.45) is 7.04. The van der Waals surface area contributed by atoms with E-state index in [0.29, 0.717) is 17.6 Å². The van der Waals surface area contributed by atoms with Gasteiger partial charge in [0.2, 0.25) is 5.88 Å². The van der Waals surface area contributed by atoms with Crippen LogP contribution in [0.5, 0.6) is 5.88 Å². The summed E-state index contributed by atoms with van der Waals surface area (Å²) in [4.78, 5) is 8.73. The Bertz CT molecular complexity index is 402. The van der Waals surface area contributed by atoms with Crippen molar-refractivity contribution in [3.05, 3.63) is 5.82 Å². The van der Waals surface area contributed by atoms with E-state index in [1.807, 2.05) is 6.92 Å². The van der Waals surface area contributed by atoms with Gasteiger partial charge in [-0.1, -0.05) is 26.2 Å². The summed E-state index contributed by atoms with van der Waals surface area (Å²) in [5.41, 5.74) is 6.54. The summed E-state index contributed by atoms with van der Waals surface area (Å²) in [6, 6.07) is 0.477. The molecule has 0 spiro atoms. The standard InChI is InChI=1S/C13H22N4O/c1-3-10-16-12(11(14)13(17-10)18-2)15-9-7-5-4-6-8-9/h9H,3-8,14H2,1-2H3,(H,15,16,17). The molecule has 0 amide bonds. The minimum absolute atomic E-state index is 0.472. The lowest BCUT2D eigenvalue weighted by Crippen LogP contribution is -2.24. The monoisotopic (exact) mass is 250 g/mol. The summed E-state index contributed by atoms with van der Waals surface area (Å²) in [7, 11) is 1.59. The van der Waals surface area contributed by atoms with Crippen molar-refractivity contribution >= 4 is 11.5 Å². The molecule has 1 aliphatic rings. The van der Waals surface area contributed by atoms with Gasteiger partial charge in [-0.15, -0.1) is 0 Å². The molecule has 0 atom stereocenters. The van der Waals surface area contributed by atoms with Crippen LogP contribution >= 0.6 is 0 Å². The number of aryl methyl sites for hydroxylation is 1. The Morgan fingerprint density at radius 3 is 2.61 bits per heavy atom. The molecular formula is C13H22N4O. The van der Waals surface area contributed by atoms with Crippen molar-refractivity contribution in [1.82, 2.24) is 9.97 Å². The maximum absolute atomic E-state index is 6.02. The number of nitrogen functional groups attached to an aromatic ring is 1. The van der Waals surface area contributed by atoms with Gasteiger partial charge in [0.25, 0.3) is 0 Å². The number of aromatic nitrogens is 2. The van der Waals surface area contributed by atoms with E-state index < -0.39 is 0 Å². The number of anilines is 2. The first-order valence-electron chi connectivity index (χ1n) is 6.71. The Labute approximate surface area is 108 Å². The Kier molecular flexibility index (Phi) is 4.23. The Morgan fingerprint density at radius 1 is 1.28 bits per heavy atom. The zero-order valence-corrected chi connectivity index (χ0v) is 11.2. The summed E-state index contributed by atoms with van der Waals surface area (Å²) in [5, 5.41) is 3.44.